The average molecular weight is 475 g/mol. The fourth-order valence-electron chi connectivity index (χ4n) is 3.82. The number of piperazine rings is 1. The number of carbonyl (C=O) groups excluding carboxylic acids is 2. The zero-order valence-electron chi connectivity index (χ0n) is 19.2. The summed E-state index contributed by atoms with van der Waals surface area (Å²) < 4.78 is 30.5. The molecule has 4 rings (SSSR count). The summed E-state index contributed by atoms with van der Waals surface area (Å²) in [6, 6.07) is 4.99. The van der Waals surface area contributed by atoms with Gasteiger partial charge in [-0.25, -0.2) is 9.18 Å². The summed E-state index contributed by atoms with van der Waals surface area (Å²) in [4.78, 5) is 41.1. The highest BCUT2D eigenvalue weighted by Crippen LogP contribution is 2.29. The number of carbonyl (C=O) groups is 2. The fourth-order valence-corrected chi connectivity index (χ4v) is 3.82. The highest BCUT2D eigenvalue weighted by atomic mass is 19.1. The summed E-state index contributed by atoms with van der Waals surface area (Å²) >= 11 is 0. The van der Waals surface area contributed by atoms with Crippen LogP contribution in [0.1, 0.15) is 6.92 Å². The molecule has 1 atom stereocenters. The van der Waals surface area contributed by atoms with Crippen molar-refractivity contribution in [1.29, 1.82) is 0 Å². The third kappa shape index (κ3) is 5.02. The second-order valence-corrected chi connectivity index (χ2v) is 7.77. The van der Waals surface area contributed by atoms with Crippen LogP contribution in [0, 0.1) is 5.82 Å². The van der Waals surface area contributed by atoms with E-state index in [1.165, 1.54) is 32.1 Å². The molecular formula is C21H26FN7O5. The predicted molar refractivity (Wildman–Crippen MR) is 120 cm³/mol. The SMILES string of the molecule is COc1nc(OC)nc(N2CCN(c3ccc(N4C[C@H](CNC(C)=O)OC4=O)cc3F)CC2)n1. The van der Waals surface area contributed by atoms with Gasteiger partial charge < -0.3 is 29.3 Å². The molecule has 0 spiro atoms. The summed E-state index contributed by atoms with van der Waals surface area (Å²) in [7, 11) is 2.93. The number of hydrogen-bond acceptors (Lipinski definition) is 10. The van der Waals surface area contributed by atoms with Crippen LogP contribution in [-0.2, 0) is 9.53 Å². The molecule has 12 nitrogen and oxygen atoms in total. The van der Waals surface area contributed by atoms with Gasteiger partial charge in [-0.1, -0.05) is 0 Å². The second-order valence-electron chi connectivity index (χ2n) is 7.77. The van der Waals surface area contributed by atoms with Gasteiger partial charge in [0, 0.05) is 33.1 Å². The number of methoxy groups -OCH3 is 2. The molecule has 2 amide bonds. The number of nitrogens with one attached hydrogen (secondary N) is 1. The van der Waals surface area contributed by atoms with Crippen molar-refractivity contribution >= 4 is 29.3 Å². The summed E-state index contributed by atoms with van der Waals surface area (Å²) in [5, 5.41) is 2.62. The summed E-state index contributed by atoms with van der Waals surface area (Å²) in [5.41, 5.74) is 0.844. The zero-order chi connectivity index (χ0) is 24.2. The number of rotatable bonds is 7. The normalized spacial score (nSPS) is 18.1. The van der Waals surface area contributed by atoms with Gasteiger partial charge in [0.05, 0.1) is 38.7 Å². The maximum Gasteiger partial charge on any atom is 0.414 e. The Hall–Kier alpha value is -3.90. The Morgan fingerprint density at radius 1 is 1.12 bits per heavy atom. The molecule has 1 aromatic heterocycles. The van der Waals surface area contributed by atoms with Crippen LogP contribution in [0.25, 0.3) is 0 Å². The van der Waals surface area contributed by atoms with Gasteiger partial charge in [-0.05, 0) is 18.2 Å². The Labute approximate surface area is 195 Å². The number of hydrogen-bond donors (Lipinski definition) is 1. The highest BCUT2D eigenvalue weighted by molar-refractivity contribution is 5.90. The Balaban J connectivity index is 1.40. The molecule has 0 bridgehead atoms. The molecule has 2 saturated heterocycles. The molecule has 2 fully saturated rings. The molecular weight excluding hydrogens is 449 g/mol. The van der Waals surface area contributed by atoms with E-state index in [4.69, 9.17) is 14.2 Å². The third-order valence-corrected chi connectivity index (χ3v) is 5.55. The van der Waals surface area contributed by atoms with Crippen LogP contribution in [0.5, 0.6) is 12.0 Å². The standard InChI is InChI=1S/C21H26FN7O5/c1-13(30)23-11-15-12-29(21(31)34-15)14-4-5-17(16(22)10-14)27-6-8-28(9-7-27)18-24-19(32-2)26-20(25-18)33-3/h4-5,10,15H,6-9,11-12H2,1-3H3,(H,23,30)/t15-/m0/s1. The number of anilines is 3. The predicted octanol–water partition coefficient (Wildman–Crippen LogP) is 0.816. The van der Waals surface area contributed by atoms with Crippen molar-refractivity contribution in [3.8, 4) is 12.0 Å². The molecule has 34 heavy (non-hydrogen) atoms. The first-order chi connectivity index (χ1) is 16.4. The zero-order valence-corrected chi connectivity index (χ0v) is 19.2. The van der Waals surface area contributed by atoms with Crippen molar-refractivity contribution in [2.75, 3.05) is 68.2 Å². The molecule has 2 aliphatic heterocycles. The number of cyclic esters (lactones) is 1. The van der Waals surface area contributed by atoms with Gasteiger partial charge in [0.25, 0.3) is 0 Å². The number of aromatic nitrogens is 3. The van der Waals surface area contributed by atoms with Gasteiger partial charge in [-0.2, -0.15) is 9.97 Å². The first-order valence-corrected chi connectivity index (χ1v) is 10.7. The van der Waals surface area contributed by atoms with Crippen LogP contribution in [0.4, 0.5) is 26.5 Å². The van der Waals surface area contributed by atoms with E-state index < -0.39 is 18.0 Å². The lowest BCUT2D eigenvalue weighted by atomic mass is 10.2. The lowest BCUT2D eigenvalue weighted by molar-refractivity contribution is -0.119. The van der Waals surface area contributed by atoms with Crippen molar-refractivity contribution in [2.24, 2.45) is 0 Å². The Morgan fingerprint density at radius 3 is 2.35 bits per heavy atom. The molecule has 13 heteroatoms. The molecule has 2 aromatic rings. The van der Waals surface area contributed by atoms with Crippen molar-refractivity contribution in [3.63, 3.8) is 0 Å². The van der Waals surface area contributed by atoms with Crippen LogP contribution in [-0.4, -0.2) is 86.5 Å². The second kappa shape index (κ2) is 9.93. The Bertz CT molecular complexity index is 1040. The van der Waals surface area contributed by atoms with Gasteiger partial charge >= 0.3 is 18.1 Å². The van der Waals surface area contributed by atoms with Gasteiger partial charge in [-0.15, -0.1) is 4.98 Å². The van der Waals surface area contributed by atoms with E-state index in [-0.39, 0.29) is 31.0 Å². The van der Waals surface area contributed by atoms with E-state index in [9.17, 15) is 9.59 Å². The number of ether oxygens (including phenoxy) is 3. The minimum Gasteiger partial charge on any atom is -0.467 e. The smallest absolute Gasteiger partial charge is 0.414 e. The topological polar surface area (TPSA) is 122 Å². The molecule has 182 valence electrons. The molecule has 1 N–H and O–H groups in total. The van der Waals surface area contributed by atoms with Gasteiger partial charge in [0.15, 0.2) is 0 Å². The minimum absolute atomic E-state index is 0.158. The van der Waals surface area contributed by atoms with Crippen LogP contribution < -0.4 is 29.5 Å². The molecule has 1 aromatic carbocycles. The lowest BCUT2D eigenvalue weighted by Gasteiger charge is -2.36. The van der Waals surface area contributed by atoms with Gasteiger partial charge in [0.2, 0.25) is 11.9 Å². The summed E-state index contributed by atoms with van der Waals surface area (Å²) in [5.74, 6) is -0.216. The lowest BCUT2D eigenvalue weighted by Crippen LogP contribution is -2.47. The number of benzene rings is 1. The van der Waals surface area contributed by atoms with Crippen LogP contribution >= 0.6 is 0 Å². The van der Waals surface area contributed by atoms with Crippen molar-refractivity contribution in [1.82, 2.24) is 20.3 Å². The van der Waals surface area contributed by atoms with Crippen molar-refractivity contribution < 1.29 is 28.2 Å². The fraction of sp³-hybridized carbons (Fsp3) is 0.476. The number of halogens is 1. The van der Waals surface area contributed by atoms with E-state index in [0.29, 0.717) is 43.5 Å². The van der Waals surface area contributed by atoms with Crippen LogP contribution in [0.3, 0.4) is 0 Å². The van der Waals surface area contributed by atoms with E-state index in [1.54, 1.807) is 12.1 Å². The molecule has 3 heterocycles. The minimum atomic E-state index is -0.570. The van der Waals surface area contributed by atoms with E-state index in [1.807, 2.05) is 9.80 Å². The first-order valence-electron chi connectivity index (χ1n) is 10.7. The molecule has 2 aliphatic rings. The molecule has 0 saturated carbocycles. The monoisotopic (exact) mass is 475 g/mol. The third-order valence-electron chi connectivity index (χ3n) is 5.55. The summed E-state index contributed by atoms with van der Waals surface area (Å²) in [6.45, 7) is 4.02. The van der Waals surface area contributed by atoms with Crippen LogP contribution in [0.15, 0.2) is 18.2 Å². The maximum atomic E-state index is 15.0. The quantitative estimate of drug-likeness (QED) is 0.616. The van der Waals surface area contributed by atoms with Crippen molar-refractivity contribution in [3.05, 3.63) is 24.0 Å². The Morgan fingerprint density at radius 2 is 1.76 bits per heavy atom. The van der Waals surface area contributed by atoms with E-state index in [0.717, 1.165) is 0 Å². The first kappa shape index (κ1) is 23.3. The summed E-state index contributed by atoms with van der Waals surface area (Å²) in [6.07, 6.45) is -1.06. The molecule has 0 radical (unpaired) electrons. The van der Waals surface area contributed by atoms with Crippen molar-refractivity contribution in [2.45, 2.75) is 13.0 Å². The van der Waals surface area contributed by atoms with Gasteiger partial charge in [0.1, 0.15) is 11.9 Å². The number of nitrogens with zero attached hydrogens (tertiary/aromatic N) is 6. The highest BCUT2D eigenvalue weighted by Gasteiger charge is 2.33. The largest absolute Gasteiger partial charge is 0.467 e. The van der Waals surface area contributed by atoms with E-state index in [2.05, 4.69) is 20.3 Å². The molecule has 0 unspecified atom stereocenters. The van der Waals surface area contributed by atoms with E-state index >= 15 is 4.39 Å². The molecule has 0 aliphatic carbocycles. The van der Waals surface area contributed by atoms with Gasteiger partial charge in [-0.3, -0.25) is 9.69 Å². The Kier molecular flexibility index (Phi) is 6.80. The average Bonchev–Trinajstić information content (AvgIpc) is 3.22. The van der Waals surface area contributed by atoms with Crippen LogP contribution in [0.2, 0.25) is 0 Å². The number of amides is 2. The maximum absolute atomic E-state index is 15.0.